The molecule has 2 atom stereocenters. The standard InChI is InChI=1S/C25H30F2N4O3/c1-2-28-25(33)22(17-6-4-3-5-7-17)30-9-11-31(12-10-30)23-20(26)14-19(15-21(23)27)29-24(32)18-8-13-34-16-18/h3-7,14-15,18,22H,2,8-13,16H2,1H3,(H,28,33)(H,29,32)/t18-,22?/m1/s1. The first-order chi connectivity index (χ1) is 16.5. The first-order valence-electron chi connectivity index (χ1n) is 11.7. The third kappa shape index (κ3) is 5.37. The molecular formula is C25H30F2N4O3. The minimum atomic E-state index is -0.727. The third-order valence-electron chi connectivity index (χ3n) is 6.30. The van der Waals surface area contributed by atoms with Crippen LogP contribution in [0.5, 0.6) is 0 Å². The van der Waals surface area contributed by atoms with Crippen LogP contribution in [0.25, 0.3) is 0 Å². The number of ether oxygens (including phenoxy) is 1. The zero-order valence-electron chi connectivity index (χ0n) is 19.2. The van der Waals surface area contributed by atoms with Gasteiger partial charge in [-0.05, 0) is 31.0 Å². The van der Waals surface area contributed by atoms with Gasteiger partial charge in [0.05, 0.1) is 12.5 Å². The molecule has 0 radical (unpaired) electrons. The van der Waals surface area contributed by atoms with E-state index in [0.717, 1.165) is 17.7 Å². The number of benzene rings is 2. The zero-order chi connectivity index (χ0) is 24.1. The van der Waals surface area contributed by atoms with Crippen molar-refractivity contribution in [2.45, 2.75) is 19.4 Å². The molecule has 34 heavy (non-hydrogen) atoms. The number of anilines is 2. The van der Waals surface area contributed by atoms with E-state index < -0.39 is 17.7 Å². The van der Waals surface area contributed by atoms with Crippen LogP contribution in [-0.2, 0) is 14.3 Å². The van der Waals surface area contributed by atoms with Crippen molar-refractivity contribution in [3.05, 3.63) is 59.7 Å². The van der Waals surface area contributed by atoms with E-state index in [-0.39, 0.29) is 29.1 Å². The quantitative estimate of drug-likeness (QED) is 0.648. The monoisotopic (exact) mass is 472 g/mol. The highest BCUT2D eigenvalue weighted by Gasteiger charge is 2.32. The zero-order valence-corrected chi connectivity index (χ0v) is 19.2. The van der Waals surface area contributed by atoms with Crippen molar-refractivity contribution in [3.63, 3.8) is 0 Å². The van der Waals surface area contributed by atoms with Crippen LogP contribution in [0, 0.1) is 17.6 Å². The molecule has 4 rings (SSSR count). The number of carbonyl (C=O) groups excluding carboxylic acids is 2. The van der Waals surface area contributed by atoms with E-state index >= 15 is 0 Å². The second-order valence-electron chi connectivity index (χ2n) is 8.57. The SMILES string of the molecule is CCNC(=O)C(c1ccccc1)N1CCN(c2c(F)cc(NC(=O)[C@@H]3CCOC3)cc2F)CC1. The first-order valence-corrected chi connectivity index (χ1v) is 11.7. The van der Waals surface area contributed by atoms with Crippen molar-refractivity contribution in [1.82, 2.24) is 10.2 Å². The van der Waals surface area contributed by atoms with Gasteiger partial charge in [-0.25, -0.2) is 8.78 Å². The van der Waals surface area contributed by atoms with Crippen LogP contribution in [0.2, 0.25) is 0 Å². The lowest BCUT2D eigenvalue weighted by Crippen LogP contribution is -2.51. The molecule has 2 heterocycles. The maximum absolute atomic E-state index is 14.9. The Bertz CT molecular complexity index is 983. The van der Waals surface area contributed by atoms with Crippen molar-refractivity contribution >= 4 is 23.2 Å². The molecule has 2 saturated heterocycles. The van der Waals surface area contributed by atoms with Gasteiger partial charge in [0, 0.05) is 45.0 Å². The van der Waals surface area contributed by atoms with Gasteiger partial charge < -0.3 is 20.3 Å². The van der Waals surface area contributed by atoms with Crippen molar-refractivity contribution in [2.24, 2.45) is 5.92 Å². The topological polar surface area (TPSA) is 73.9 Å². The Morgan fingerprint density at radius 1 is 1.09 bits per heavy atom. The van der Waals surface area contributed by atoms with Gasteiger partial charge in [-0.15, -0.1) is 0 Å². The number of piperazine rings is 1. The predicted molar refractivity (Wildman–Crippen MR) is 126 cm³/mol. The van der Waals surface area contributed by atoms with Crippen LogP contribution in [0.4, 0.5) is 20.2 Å². The van der Waals surface area contributed by atoms with Gasteiger partial charge in [-0.3, -0.25) is 14.5 Å². The molecule has 2 aliphatic heterocycles. The fraction of sp³-hybridized carbons (Fsp3) is 0.440. The average Bonchev–Trinajstić information content (AvgIpc) is 3.36. The highest BCUT2D eigenvalue weighted by Crippen LogP contribution is 2.30. The number of amides is 2. The van der Waals surface area contributed by atoms with Gasteiger partial charge in [-0.2, -0.15) is 0 Å². The summed E-state index contributed by atoms with van der Waals surface area (Å²) in [5, 5.41) is 5.48. The van der Waals surface area contributed by atoms with Gasteiger partial charge in [0.2, 0.25) is 11.8 Å². The fourth-order valence-corrected chi connectivity index (χ4v) is 4.56. The van der Waals surface area contributed by atoms with Crippen LogP contribution in [0.15, 0.2) is 42.5 Å². The Balaban J connectivity index is 1.44. The Morgan fingerprint density at radius 3 is 2.35 bits per heavy atom. The lowest BCUT2D eigenvalue weighted by molar-refractivity contribution is -0.126. The minimum absolute atomic E-state index is 0.0905. The Labute approximate surface area is 198 Å². The molecule has 9 heteroatoms. The van der Waals surface area contributed by atoms with E-state index in [4.69, 9.17) is 4.74 Å². The molecule has 0 aromatic heterocycles. The second-order valence-corrected chi connectivity index (χ2v) is 8.57. The highest BCUT2D eigenvalue weighted by atomic mass is 19.1. The number of hydrogen-bond donors (Lipinski definition) is 2. The normalized spacial score (nSPS) is 19.6. The summed E-state index contributed by atoms with van der Waals surface area (Å²) in [6, 6.07) is 11.3. The molecule has 0 spiro atoms. The predicted octanol–water partition coefficient (Wildman–Crippen LogP) is 2.94. The molecule has 7 nitrogen and oxygen atoms in total. The van der Waals surface area contributed by atoms with E-state index in [1.54, 1.807) is 4.90 Å². The van der Waals surface area contributed by atoms with Crippen LogP contribution >= 0.6 is 0 Å². The average molecular weight is 473 g/mol. The van der Waals surface area contributed by atoms with Crippen molar-refractivity contribution in [1.29, 1.82) is 0 Å². The molecule has 2 aromatic carbocycles. The Kier molecular flexibility index (Phi) is 7.74. The maximum Gasteiger partial charge on any atom is 0.241 e. The van der Waals surface area contributed by atoms with E-state index in [0.29, 0.717) is 52.4 Å². The molecule has 0 bridgehead atoms. The number of carbonyl (C=O) groups is 2. The number of hydrogen-bond acceptors (Lipinski definition) is 5. The van der Waals surface area contributed by atoms with Crippen LogP contribution in [0.1, 0.15) is 24.9 Å². The van der Waals surface area contributed by atoms with Gasteiger partial charge in [0.15, 0.2) is 11.6 Å². The molecule has 182 valence electrons. The molecule has 2 aliphatic rings. The van der Waals surface area contributed by atoms with Crippen molar-refractivity contribution in [2.75, 3.05) is 56.2 Å². The minimum Gasteiger partial charge on any atom is -0.381 e. The van der Waals surface area contributed by atoms with Gasteiger partial charge in [0.25, 0.3) is 0 Å². The summed E-state index contributed by atoms with van der Waals surface area (Å²) in [6.07, 6.45) is 0.597. The van der Waals surface area contributed by atoms with Crippen LogP contribution < -0.4 is 15.5 Å². The molecule has 2 aromatic rings. The van der Waals surface area contributed by atoms with Gasteiger partial charge in [0.1, 0.15) is 11.7 Å². The van der Waals surface area contributed by atoms with Crippen molar-refractivity contribution < 1.29 is 23.1 Å². The third-order valence-corrected chi connectivity index (χ3v) is 6.30. The number of rotatable bonds is 7. The smallest absolute Gasteiger partial charge is 0.241 e. The fourth-order valence-electron chi connectivity index (χ4n) is 4.56. The lowest BCUT2D eigenvalue weighted by atomic mass is 10.0. The maximum atomic E-state index is 14.9. The number of likely N-dealkylation sites (N-methyl/N-ethyl adjacent to an activating group) is 1. The van der Waals surface area contributed by atoms with E-state index in [9.17, 15) is 18.4 Å². The second kappa shape index (κ2) is 10.9. The molecule has 2 N–H and O–H groups in total. The summed E-state index contributed by atoms with van der Waals surface area (Å²) in [6.45, 7) is 4.89. The Hall–Kier alpha value is -3.04. The lowest BCUT2D eigenvalue weighted by Gasteiger charge is -2.40. The van der Waals surface area contributed by atoms with E-state index in [2.05, 4.69) is 10.6 Å². The molecule has 0 saturated carbocycles. The Morgan fingerprint density at radius 2 is 1.76 bits per heavy atom. The molecular weight excluding hydrogens is 442 g/mol. The molecule has 0 aliphatic carbocycles. The molecule has 1 unspecified atom stereocenters. The summed E-state index contributed by atoms with van der Waals surface area (Å²) < 4.78 is 35.1. The number of halogens is 2. The van der Waals surface area contributed by atoms with E-state index in [1.807, 2.05) is 42.2 Å². The van der Waals surface area contributed by atoms with Crippen LogP contribution in [0.3, 0.4) is 0 Å². The van der Waals surface area contributed by atoms with Gasteiger partial charge in [-0.1, -0.05) is 30.3 Å². The summed E-state index contributed by atoms with van der Waals surface area (Å²) >= 11 is 0. The number of nitrogens with one attached hydrogen (secondary N) is 2. The van der Waals surface area contributed by atoms with Crippen LogP contribution in [-0.4, -0.2) is 62.7 Å². The van der Waals surface area contributed by atoms with E-state index in [1.165, 1.54) is 0 Å². The molecule has 2 fully saturated rings. The first kappa shape index (κ1) is 24.1. The van der Waals surface area contributed by atoms with Crippen molar-refractivity contribution in [3.8, 4) is 0 Å². The summed E-state index contributed by atoms with van der Waals surface area (Å²) in [4.78, 5) is 28.7. The largest absolute Gasteiger partial charge is 0.381 e. The summed E-state index contributed by atoms with van der Waals surface area (Å²) in [5.41, 5.74) is 0.859. The summed E-state index contributed by atoms with van der Waals surface area (Å²) in [7, 11) is 0. The highest BCUT2D eigenvalue weighted by molar-refractivity contribution is 5.93. The molecule has 2 amide bonds. The van der Waals surface area contributed by atoms with Gasteiger partial charge >= 0.3 is 0 Å². The number of nitrogens with zero attached hydrogens (tertiary/aromatic N) is 2. The summed E-state index contributed by atoms with van der Waals surface area (Å²) in [5.74, 6) is -2.15.